The maximum Gasteiger partial charge on any atom is 0.244 e. The van der Waals surface area contributed by atoms with Gasteiger partial charge >= 0.3 is 0 Å². The first kappa shape index (κ1) is 29.9. The van der Waals surface area contributed by atoms with Crippen LogP contribution in [0.4, 0.5) is 5.69 Å². The molecule has 0 radical (unpaired) electrons. The average Bonchev–Trinajstić information content (AvgIpc) is 2.79. The molecule has 0 bridgehead atoms. The van der Waals surface area contributed by atoms with E-state index in [-0.39, 0.29) is 17.9 Å². The van der Waals surface area contributed by atoms with Crippen molar-refractivity contribution >= 4 is 50.7 Å². The van der Waals surface area contributed by atoms with E-state index in [9.17, 15) is 18.0 Å². The van der Waals surface area contributed by atoms with Crippen LogP contribution in [-0.4, -0.2) is 50.5 Å². The summed E-state index contributed by atoms with van der Waals surface area (Å²) in [5.41, 5.74) is 1.96. The monoisotopic (exact) mass is 555 g/mol. The van der Waals surface area contributed by atoms with Crippen LogP contribution in [0.25, 0.3) is 0 Å². The van der Waals surface area contributed by atoms with Crippen LogP contribution in [0, 0.1) is 0 Å². The summed E-state index contributed by atoms with van der Waals surface area (Å²) in [5.74, 6) is -0.851. The first-order valence-corrected chi connectivity index (χ1v) is 14.3. The standard InChI is InChI=1S/C26H35Cl2N3O4S/c1-7-14-29-25(33)18(2)30(16-19-8-13-22(27)23(28)15-19)24(32)17-31(36(6,34)35)21-11-9-20(10-12-21)26(3,4)5/h8-13,15,18H,7,14,16-17H2,1-6H3,(H,29,33). The lowest BCUT2D eigenvalue weighted by Gasteiger charge is -2.31. The summed E-state index contributed by atoms with van der Waals surface area (Å²) < 4.78 is 26.5. The Morgan fingerprint density at radius 3 is 2.14 bits per heavy atom. The maximum absolute atomic E-state index is 13.6. The van der Waals surface area contributed by atoms with Crippen LogP contribution in [0.3, 0.4) is 0 Å². The van der Waals surface area contributed by atoms with Gasteiger partial charge in [-0.05, 0) is 54.2 Å². The van der Waals surface area contributed by atoms with Gasteiger partial charge in [0, 0.05) is 13.1 Å². The van der Waals surface area contributed by atoms with Crippen molar-refractivity contribution in [3.8, 4) is 0 Å². The number of hydrogen-bond acceptors (Lipinski definition) is 4. The van der Waals surface area contributed by atoms with E-state index in [4.69, 9.17) is 23.2 Å². The van der Waals surface area contributed by atoms with Crippen molar-refractivity contribution in [2.24, 2.45) is 0 Å². The van der Waals surface area contributed by atoms with E-state index in [1.54, 1.807) is 37.3 Å². The van der Waals surface area contributed by atoms with Gasteiger partial charge in [0.25, 0.3) is 0 Å². The number of anilines is 1. The Kier molecular flexibility index (Phi) is 10.2. The van der Waals surface area contributed by atoms with Gasteiger partial charge in [-0.2, -0.15) is 0 Å². The number of halogens is 2. The Morgan fingerprint density at radius 2 is 1.64 bits per heavy atom. The largest absolute Gasteiger partial charge is 0.354 e. The number of benzene rings is 2. The summed E-state index contributed by atoms with van der Waals surface area (Å²) in [6.07, 6.45) is 1.80. The molecule has 2 rings (SSSR count). The van der Waals surface area contributed by atoms with Gasteiger partial charge in [0.05, 0.1) is 22.0 Å². The fraction of sp³-hybridized carbons (Fsp3) is 0.462. The zero-order chi connectivity index (χ0) is 27.3. The van der Waals surface area contributed by atoms with E-state index in [0.29, 0.717) is 27.8 Å². The van der Waals surface area contributed by atoms with Crippen LogP contribution in [-0.2, 0) is 31.6 Å². The molecule has 1 atom stereocenters. The molecule has 0 saturated heterocycles. The third-order valence-corrected chi connectivity index (χ3v) is 7.63. The highest BCUT2D eigenvalue weighted by Gasteiger charge is 2.30. The van der Waals surface area contributed by atoms with Gasteiger partial charge in [-0.25, -0.2) is 8.42 Å². The molecular formula is C26H35Cl2N3O4S. The van der Waals surface area contributed by atoms with Gasteiger partial charge < -0.3 is 10.2 Å². The number of nitrogens with zero attached hydrogens (tertiary/aromatic N) is 2. The molecule has 198 valence electrons. The Hall–Kier alpha value is -2.29. The van der Waals surface area contributed by atoms with Crippen LogP contribution >= 0.6 is 23.2 Å². The Balaban J connectivity index is 2.40. The minimum Gasteiger partial charge on any atom is -0.354 e. The van der Waals surface area contributed by atoms with E-state index in [2.05, 4.69) is 26.1 Å². The highest BCUT2D eigenvalue weighted by molar-refractivity contribution is 7.92. The van der Waals surface area contributed by atoms with Crippen molar-refractivity contribution in [3.63, 3.8) is 0 Å². The maximum atomic E-state index is 13.6. The van der Waals surface area contributed by atoms with Crippen molar-refractivity contribution in [2.45, 2.75) is 59.0 Å². The number of nitrogens with one attached hydrogen (secondary N) is 1. The Morgan fingerprint density at radius 1 is 1.03 bits per heavy atom. The zero-order valence-corrected chi connectivity index (χ0v) is 24.0. The molecule has 2 amide bonds. The number of carbonyl (C=O) groups excluding carboxylic acids is 2. The molecule has 1 unspecified atom stereocenters. The molecule has 1 N–H and O–H groups in total. The summed E-state index contributed by atoms with van der Waals surface area (Å²) in [7, 11) is -3.79. The van der Waals surface area contributed by atoms with Crippen molar-refractivity contribution < 1.29 is 18.0 Å². The molecule has 0 aromatic heterocycles. The van der Waals surface area contributed by atoms with E-state index in [1.807, 2.05) is 19.1 Å². The van der Waals surface area contributed by atoms with Crippen molar-refractivity contribution in [3.05, 3.63) is 63.6 Å². The van der Waals surface area contributed by atoms with Gasteiger partial charge in [-0.3, -0.25) is 13.9 Å². The third kappa shape index (κ3) is 8.11. The summed E-state index contributed by atoms with van der Waals surface area (Å²) in [5, 5.41) is 3.49. The molecule has 7 nitrogen and oxygen atoms in total. The summed E-state index contributed by atoms with van der Waals surface area (Å²) >= 11 is 12.2. The Labute approximate surface area is 224 Å². The lowest BCUT2D eigenvalue weighted by atomic mass is 9.87. The molecule has 36 heavy (non-hydrogen) atoms. The van der Waals surface area contributed by atoms with Gasteiger partial charge in [0.2, 0.25) is 21.8 Å². The predicted molar refractivity (Wildman–Crippen MR) is 147 cm³/mol. The number of hydrogen-bond donors (Lipinski definition) is 1. The van der Waals surface area contributed by atoms with Crippen LogP contribution in [0.15, 0.2) is 42.5 Å². The van der Waals surface area contributed by atoms with Crippen LogP contribution < -0.4 is 9.62 Å². The second kappa shape index (κ2) is 12.3. The van der Waals surface area contributed by atoms with Crippen LogP contribution in [0.5, 0.6) is 0 Å². The minimum absolute atomic E-state index is 0.0526. The number of amides is 2. The lowest BCUT2D eigenvalue weighted by molar-refractivity contribution is -0.139. The predicted octanol–water partition coefficient (Wildman–Crippen LogP) is 5.00. The van der Waals surface area contributed by atoms with E-state index in [0.717, 1.165) is 22.5 Å². The summed E-state index contributed by atoms with van der Waals surface area (Å²) in [6.45, 7) is 9.79. The number of carbonyl (C=O) groups is 2. The molecule has 0 saturated carbocycles. The highest BCUT2D eigenvalue weighted by Crippen LogP contribution is 2.27. The molecule has 0 aliphatic rings. The molecular weight excluding hydrogens is 521 g/mol. The second-order valence-corrected chi connectivity index (χ2v) is 12.5. The SMILES string of the molecule is CCCNC(=O)C(C)N(Cc1ccc(Cl)c(Cl)c1)C(=O)CN(c1ccc(C(C)(C)C)cc1)S(C)(=O)=O. The third-order valence-electron chi connectivity index (χ3n) is 5.75. The molecule has 0 aliphatic carbocycles. The van der Waals surface area contributed by atoms with Crippen molar-refractivity contribution in [1.29, 1.82) is 0 Å². The molecule has 10 heteroatoms. The molecule has 0 aliphatic heterocycles. The van der Waals surface area contributed by atoms with Crippen molar-refractivity contribution in [2.75, 3.05) is 23.7 Å². The van der Waals surface area contributed by atoms with Gasteiger partial charge in [-0.1, -0.05) is 69.1 Å². The first-order chi connectivity index (χ1) is 16.6. The summed E-state index contributed by atoms with van der Waals surface area (Å²) in [4.78, 5) is 27.7. The summed E-state index contributed by atoms with van der Waals surface area (Å²) in [6, 6.07) is 11.2. The van der Waals surface area contributed by atoms with E-state index in [1.165, 1.54) is 4.90 Å². The second-order valence-electron chi connectivity index (χ2n) is 9.80. The van der Waals surface area contributed by atoms with Gasteiger partial charge in [-0.15, -0.1) is 0 Å². The smallest absolute Gasteiger partial charge is 0.244 e. The first-order valence-electron chi connectivity index (χ1n) is 11.7. The fourth-order valence-corrected chi connectivity index (χ4v) is 4.72. The number of rotatable bonds is 10. The molecule has 2 aromatic carbocycles. The molecule has 0 spiro atoms. The molecule has 2 aromatic rings. The molecule has 0 heterocycles. The van der Waals surface area contributed by atoms with Crippen LogP contribution in [0.1, 0.15) is 52.2 Å². The van der Waals surface area contributed by atoms with Crippen LogP contribution in [0.2, 0.25) is 10.0 Å². The van der Waals surface area contributed by atoms with Gasteiger partial charge in [0.15, 0.2) is 0 Å². The highest BCUT2D eigenvalue weighted by atomic mass is 35.5. The quantitative estimate of drug-likeness (QED) is 0.446. The topological polar surface area (TPSA) is 86.8 Å². The average molecular weight is 557 g/mol. The number of sulfonamides is 1. The fourth-order valence-electron chi connectivity index (χ4n) is 3.55. The van der Waals surface area contributed by atoms with E-state index >= 15 is 0 Å². The van der Waals surface area contributed by atoms with Crippen molar-refractivity contribution in [1.82, 2.24) is 10.2 Å². The lowest BCUT2D eigenvalue weighted by Crippen LogP contribution is -2.51. The van der Waals surface area contributed by atoms with E-state index < -0.39 is 28.5 Å². The Bertz CT molecular complexity index is 1180. The zero-order valence-electron chi connectivity index (χ0n) is 21.6. The molecule has 0 fully saturated rings. The minimum atomic E-state index is -3.79. The normalized spacial score (nSPS) is 12.7. The van der Waals surface area contributed by atoms with Gasteiger partial charge in [0.1, 0.15) is 12.6 Å².